The Morgan fingerprint density at radius 1 is 1.14 bits per heavy atom. The number of guanidine groups is 1. The zero-order valence-corrected chi connectivity index (χ0v) is 16.7. The number of unbranched alkanes of at least 4 members (excludes halogenated alkanes) is 1. The summed E-state index contributed by atoms with van der Waals surface area (Å²) in [6, 6.07) is 12.2. The smallest absolute Gasteiger partial charge is 0.193 e. The molecule has 7 nitrogen and oxygen atoms in total. The molecule has 1 fully saturated rings. The number of hydrogen-bond acceptors (Lipinski definition) is 5. The van der Waals surface area contributed by atoms with Gasteiger partial charge in [-0.3, -0.25) is 9.89 Å². The van der Waals surface area contributed by atoms with Crippen LogP contribution in [0.3, 0.4) is 0 Å². The minimum absolute atomic E-state index is 0.689. The molecule has 1 aromatic carbocycles. The summed E-state index contributed by atoms with van der Waals surface area (Å²) in [5.74, 6) is 0.992. The minimum atomic E-state index is 0.689. The third kappa shape index (κ3) is 6.65. The lowest BCUT2D eigenvalue weighted by Crippen LogP contribution is -2.52. The molecule has 0 bridgehead atoms. The van der Waals surface area contributed by atoms with Crippen LogP contribution in [-0.4, -0.2) is 67.3 Å². The van der Waals surface area contributed by atoms with Gasteiger partial charge in [0.1, 0.15) is 6.26 Å². The largest absolute Gasteiger partial charge is 0.377 e. The quantitative estimate of drug-likeness (QED) is 0.406. The maximum Gasteiger partial charge on any atom is 0.193 e. The maximum absolute atomic E-state index is 5.74. The first-order chi connectivity index (χ1) is 13.8. The predicted molar refractivity (Wildman–Crippen MR) is 110 cm³/mol. The van der Waals surface area contributed by atoms with Crippen LogP contribution in [0.25, 0.3) is 0 Å². The first-order valence-electron chi connectivity index (χ1n) is 10.0. The Labute approximate surface area is 167 Å². The lowest BCUT2D eigenvalue weighted by Gasteiger charge is -2.36. The molecule has 2 aromatic rings. The molecule has 0 radical (unpaired) electrons. The molecule has 3 rings (SSSR count). The van der Waals surface area contributed by atoms with E-state index in [1.54, 1.807) is 6.26 Å². The molecule has 0 amide bonds. The van der Waals surface area contributed by atoms with Gasteiger partial charge in [0.15, 0.2) is 5.96 Å². The fourth-order valence-electron chi connectivity index (χ4n) is 3.29. The molecular weight excluding hydrogens is 354 g/mol. The molecule has 28 heavy (non-hydrogen) atoms. The molecule has 1 aliphatic rings. The van der Waals surface area contributed by atoms with E-state index in [-0.39, 0.29) is 0 Å². The Balaban J connectivity index is 1.25. The van der Waals surface area contributed by atoms with E-state index >= 15 is 0 Å². The van der Waals surface area contributed by atoms with E-state index in [1.807, 2.05) is 31.3 Å². The number of hydrogen-bond donors (Lipinski definition) is 1. The van der Waals surface area contributed by atoms with E-state index in [0.29, 0.717) is 6.61 Å². The average molecular weight is 386 g/mol. The molecule has 2 heterocycles. The minimum Gasteiger partial charge on any atom is -0.377 e. The van der Waals surface area contributed by atoms with Crippen LogP contribution in [0, 0.1) is 0 Å². The van der Waals surface area contributed by atoms with Crippen molar-refractivity contribution in [3.05, 3.63) is 53.9 Å². The molecule has 7 heteroatoms. The monoisotopic (exact) mass is 385 g/mol. The topological polar surface area (TPSA) is 66.1 Å². The van der Waals surface area contributed by atoms with Gasteiger partial charge in [-0.15, -0.1) is 0 Å². The van der Waals surface area contributed by atoms with E-state index in [0.717, 1.165) is 70.4 Å². The number of aliphatic imine (C=N–C) groups is 1. The Morgan fingerprint density at radius 2 is 1.96 bits per heavy atom. The summed E-state index contributed by atoms with van der Waals surface area (Å²) in [6.45, 7) is 7.18. The van der Waals surface area contributed by atoms with Crippen molar-refractivity contribution in [1.29, 1.82) is 0 Å². The summed E-state index contributed by atoms with van der Waals surface area (Å²) in [4.78, 5) is 9.16. The highest BCUT2D eigenvalue weighted by molar-refractivity contribution is 5.79. The van der Waals surface area contributed by atoms with E-state index < -0.39 is 0 Å². The molecule has 1 N–H and O–H groups in total. The number of benzene rings is 1. The SMILES string of the molecule is CN=C(NCCCCOCc1ccccc1)N1CCN(Cc2ccon2)CC1. The van der Waals surface area contributed by atoms with Crippen molar-refractivity contribution in [1.82, 2.24) is 20.3 Å². The zero-order valence-electron chi connectivity index (χ0n) is 16.7. The Hall–Kier alpha value is -2.38. The average Bonchev–Trinajstić information content (AvgIpc) is 3.25. The number of piperazine rings is 1. The van der Waals surface area contributed by atoms with Gasteiger partial charge in [0.2, 0.25) is 0 Å². The van der Waals surface area contributed by atoms with Crippen LogP contribution in [0.2, 0.25) is 0 Å². The molecule has 0 saturated carbocycles. The van der Waals surface area contributed by atoms with Crippen LogP contribution < -0.4 is 5.32 Å². The second-order valence-corrected chi connectivity index (χ2v) is 6.97. The van der Waals surface area contributed by atoms with Crippen molar-refractivity contribution in [3.8, 4) is 0 Å². The van der Waals surface area contributed by atoms with Gasteiger partial charge in [-0.25, -0.2) is 0 Å². The molecule has 0 atom stereocenters. The lowest BCUT2D eigenvalue weighted by molar-refractivity contribution is 0.117. The van der Waals surface area contributed by atoms with Gasteiger partial charge in [0.25, 0.3) is 0 Å². The first-order valence-corrected chi connectivity index (χ1v) is 10.0. The third-order valence-corrected chi connectivity index (χ3v) is 4.87. The van der Waals surface area contributed by atoms with E-state index in [2.05, 4.69) is 37.4 Å². The highest BCUT2D eigenvalue weighted by Crippen LogP contribution is 2.07. The summed E-state index contributed by atoms with van der Waals surface area (Å²) >= 11 is 0. The highest BCUT2D eigenvalue weighted by Gasteiger charge is 2.20. The molecule has 0 aliphatic carbocycles. The zero-order chi connectivity index (χ0) is 19.4. The van der Waals surface area contributed by atoms with Crippen molar-refractivity contribution in [2.24, 2.45) is 4.99 Å². The van der Waals surface area contributed by atoms with Crippen molar-refractivity contribution >= 4 is 5.96 Å². The van der Waals surface area contributed by atoms with Crippen molar-refractivity contribution < 1.29 is 9.26 Å². The second kappa shape index (κ2) is 11.5. The maximum atomic E-state index is 5.74. The van der Waals surface area contributed by atoms with Crippen molar-refractivity contribution in [2.75, 3.05) is 46.4 Å². The van der Waals surface area contributed by atoms with Crippen LogP contribution in [0.1, 0.15) is 24.1 Å². The third-order valence-electron chi connectivity index (χ3n) is 4.87. The number of ether oxygens (including phenoxy) is 1. The van der Waals surface area contributed by atoms with Gasteiger partial charge in [-0.1, -0.05) is 35.5 Å². The van der Waals surface area contributed by atoms with Gasteiger partial charge in [0, 0.05) is 59.0 Å². The van der Waals surface area contributed by atoms with Gasteiger partial charge >= 0.3 is 0 Å². The molecule has 0 spiro atoms. The van der Waals surface area contributed by atoms with E-state index in [4.69, 9.17) is 9.26 Å². The van der Waals surface area contributed by atoms with E-state index in [1.165, 1.54) is 5.56 Å². The Bertz CT molecular complexity index is 682. The number of rotatable bonds is 9. The Kier molecular flexibility index (Phi) is 8.33. The van der Waals surface area contributed by atoms with Crippen LogP contribution in [0.5, 0.6) is 0 Å². The fraction of sp³-hybridized carbons (Fsp3) is 0.524. The van der Waals surface area contributed by atoms with Gasteiger partial charge in [-0.05, 0) is 18.4 Å². The van der Waals surface area contributed by atoms with Crippen molar-refractivity contribution in [2.45, 2.75) is 26.0 Å². The second-order valence-electron chi connectivity index (χ2n) is 6.97. The molecule has 1 saturated heterocycles. The van der Waals surface area contributed by atoms with Crippen LogP contribution in [-0.2, 0) is 17.9 Å². The highest BCUT2D eigenvalue weighted by atomic mass is 16.5. The van der Waals surface area contributed by atoms with Gasteiger partial charge < -0.3 is 19.5 Å². The molecule has 152 valence electrons. The summed E-state index contributed by atoms with van der Waals surface area (Å²) in [6.07, 6.45) is 3.74. The molecule has 1 aliphatic heterocycles. The Morgan fingerprint density at radius 3 is 2.68 bits per heavy atom. The summed E-state index contributed by atoms with van der Waals surface area (Å²) < 4.78 is 10.6. The summed E-state index contributed by atoms with van der Waals surface area (Å²) in [7, 11) is 1.85. The first kappa shape index (κ1) is 20.4. The van der Waals surface area contributed by atoms with E-state index in [9.17, 15) is 0 Å². The number of nitrogens with zero attached hydrogens (tertiary/aromatic N) is 4. The van der Waals surface area contributed by atoms with Gasteiger partial charge in [-0.2, -0.15) is 0 Å². The molecule has 1 aromatic heterocycles. The predicted octanol–water partition coefficient (Wildman–Crippen LogP) is 2.36. The van der Waals surface area contributed by atoms with Gasteiger partial charge in [0.05, 0.1) is 12.3 Å². The summed E-state index contributed by atoms with van der Waals surface area (Å²) in [5.41, 5.74) is 2.22. The van der Waals surface area contributed by atoms with Crippen LogP contribution in [0.15, 0.2) is 52.2 Å². The molecule has 0 unspecified atom stereocenters. The van der Waals surface area contributed by atoms with Crippen molar-refractivity contribution in [3.63, 3.8) is 0 Å². The number of aromatic nitrogens is 1. The molecular formula is C21H31N5O2. The summed E-state index contributed by atoms with van der Waals surface area (Å²) in [5, 5.41) is 7.47. The number of nitrogens with one attached hydrogen (secondary N) is 1. The van der Waals surface area contributed by atoms with Crippen LogP contribution >= 0.6 is 0 Å². The normalized spacial score (nSPS) is 15.8. The standard InChI is InChI=1S/C21H31N5O2/c1-22-21(23-10-5-6-15-27-18-19-7-3-2-4-8-19)26-13-11-25(12-14-26)17-20-9-16-28-24-20/h2-4,7-9,16H,5-6,10-15,17-18H2,1H3,(H,22,23). The van der Waals surface area contributed by atoms with Crippen LogP contribution in [0.4, 0.5) is 0 Å². The lowest BCUT2D eigenvalue weighted by atomic mass is 10.2. The fourth-order valence-corrected chi connectivity index (χ4v) is 3.29.